The molecule has 200 valence electrons. The lowest BCUT2D eigenvalue weighted by Gasteiger charge is -2.26. The van der Waals surface area contributed by atoms with Gasteiger partial charge in [-0.2, -0.15) is 0 Å². The fourth-order valence-electron chi connectivity index (χ4n) is 4.68. The van der Waals surface area contributed by atoms with Crippen molar-refractivity contribution in [1.82, 2.24) is 20.1 Å². The average molecular weight is 523 g/mol. The Morgan fingerprint density at radius 3 is 2.16 bits per heavy atom. The quantitative estimate of drug-likeness (QED) is 0.426. The van der Waals surface area contributed by atoms with Crippen LogP contribution in [0.1, 0.15) is 27.5 Å². The molecule has 0 radical (unpaired) electrons. The molecule has 1 aromatic heterocycles. The van der Waals surface area contributed by atoms with E-state index in [1.807, 2.05) is 36.4 Å². The maximum Gasteiger partial charge on any atom is 0.273 e. The Balaban J connectivity index is 1.12. The molecule has 1 amide bonds. The minimum absolute atomic E-state index is 0.229. The van der Waals surface area contributed by atoms with E-state index in [0.29, 0.717) is 32.1 Å². The number of amides is 1. The van der Waals surface area contributed by atoms with Crippen molar-refractivity contribution in [3.63, 3.8) is 0 Å². The molecule has 0 bridgehead atoms. The second kappa shape index (κ2) is 11.3. The molecule has 38 heavy (non-hydrogen) atoms. The van der Waals surface area contributed by atoms with Gasteiger partial charge in [0.05, 0.1) is 19.8 Å². The summed E-state index contributed by atoms with van der Waals surface area (Å²) in [6.45, 7) is 6.62. The molecular weight excluding hydrogens is 492 g/mol. The molecule has 3 aliphatic rings. The van der Waals surface area contributed by atoms with Gasteiger partial charge in [-0.1, -0.05) is 12.1 Å². The Morgan fingerprint density at radius 2 is 1.50 bits per heavy atom. The van der Waals surface area contributed by atoms with E-state index in [1.165, 1.54) is 6.26 Å². The molecule has 0 aliphatic carbocycles. The van der Waals surface area contributed by atoms with Gasteiger partial charge in [-0.15, -0.1) is 0 Å². The molecular formula is C27H30N4O7. The standard InChI is InChI=1S/C27H30N4O7/c32-27(28-5-6-30-7-9-33-10-8-30)21-16-34-26(29-21)15-31(13-19-1-3-22-24(11-19)37-17-35-22)14-20-2-4-23-25(12-20)38-18-36-23/h1-4,11-12,16H,5-10,13-15,17-18H2,(H,28,32). The molecule has 1 saturated heterocycles. The predicted octanol–water partition coefficient (Wildman–Crippen LogP) is 2.40. The molecule has 0 unspecified atom stereocenters. The van der Waals surface area contributed by atoms with Gasteiger partial charge in [0, 0.05) is 39.3 Å². The van der Waals surface area contributed by atoms with Crippen LogP contribution in [-0.4, -0.2) is 73.7 Å². The molecule has 1 fully saturated rings. The van der Waals surface area contributed by atoms with E-state index in [2.05, 4.69) is 20.1 Å². The topological polar surface area (TPSA) is 108 Å². The summed E-state index contributed by atoms with van der Waals surface area (Å²) < 4.78 is 33.1. The number of benzene rings is 2. The molecule has 3 aliphatic heterocycles. The van der Waals surface area contributed by atoms with Gasteiger partial charge in [-0.3, -0.25) is 14.6 Å². The van der Waals surface area contributed by atoms with Crippen molar-refractivity contribution in [1.29, 1.82) is 0 Å². The van der Waals surface area contributed by atoms with E-state index in [4.69, 9.17) is 28.1 Å². The zero-order valence-electron chi connectivity index (χ0n) is 21.0. The SMILES string of the molecule is O=C(NCCN1CCOCC1)c1coc(CN(Cc2ccc3c(c2)OCO3)Cc2ccc3c(c2)OCO3)n1. The number of morpholine rings is 1. The summed E-state index contributed by atoms with van der Waals surface area (Å²) in [5.74, 6) is 3.17. The summed E-state index contributed by atoms with van der Waals surface area (Å²) in [4.78, 5) is 21.6. The second-order valence-corrected chi connectivity index (χ2v) is 9.36. The lowest BCUT2D eigenvalue weighted by atomic mass is 10.1. The van der Waals surface area contributed by atoms with Gasteiger partial charge in [0.2, 0.25) is 19.5 Å². The van der Waals surface area contributed by atoms with E-state index in [0.717, 1.165) is 67.0 Å². The van der Waals surface area contributed by atoms with Crippen molar-refractivity contribution >= 4 is 5.91 Å². The lowest BCUT2D eigenvalue weighted by Crippen LogP contribution is -2.41. The highest BCUT2D eigenvalue weighted by Crippen LogP contribution is 2.34. The van der Waals surface area contributed by atoms with E-state index in [-0.39, 0.29) is 25.2 Å². The van der Waals surface area contributed by atoms with Crippen molar-refractivity contribution in [2.75, 3.05) is 53.0 Å². The Hall–Kier alpha value is -3.80. The third kappa shape index (κ3) is 5.85. The van der Waals surface area contributed by atoms with E-state index >= 15 is 0 Å². The van der Waals surface area contributed by atoms with Crippen LogP contribution in [-0.2, 0) is 24.4 Å². The molecule has 0 atom stereocenters. The highest BCUT2D eigenvalue weighted by molar-refractivity contribution is 5.91. The van der Waals surface area contributed by atoms with Crippen LogP contribution in [0.15, 0.2) is 47.1 Å². The maximum absolute atomic E-state index is 12.6. The van der Waals surface area contributed by atoms with Crippen molar-refractivity contribution < 1.29 is 32.9 Å². The number of carbonyl (C=O) groups is 1. The first kappa shape index (κ1) is 24.5. The first-order chi connectivity index (χ1) is 18.7. The number of hydrogen-bond acceptors (Lipinski definition) is 10. The summed E-state index contributed by atoms with van der Waals surface area (Å²) >= 11 is 0. The van der Waals surface area contributed by atoms with Gasteiger partial charge in [-0.05, 0) is 35.4 Å². The maximum atomic E-state index is 12.6. The Bertz CT molecular complexity index is 1210. The fourth-order valence-corrected chi connectivity index (χ4v) is 4.68. The monoisotopic (exact) mass is 522 g/mol. The molecule has 11 heteroatoms. The molecule has 3 aromatic rings. The Kier molecular flexibility index (Phi) is 7.29. The number of fused-ring (bicyclic) bond motifs is 2. The molecule has 11 nitrogen and oxygen atoms in total. The van der Waals surface area contributed by atoms with Crippen LogP contribution in [0, 0.1) is 0 Å². The van der Waals surface area contributed by atoms with Crippen molar-refractivity contribution in [3.05, 3.63) is 65.4 Å². The van der Waals surface area contributed by atoms with Gasteiger partial charge in [0.1, 0.15) is 6.26 Å². The number of nitrogens with zero attached hydrogens (tertiary/aromatic N) is 3. The fraction of sp³-hybridized carbons (Fsp3) is 0.407. The highest BCUT2D eigenvalue weighted by Gasteiger charge is 2.20. The van der Waals surface area contributed by atoms with Crippen molar-refractivity contribution in [2.24, 2.45) is 0 Å². The van der Waals surface area contributed by atoms with Gasteiger partial charge >= 0.3 is 0 Å². The number of hydrogen-bond donors (Lipinski definition) is 1. The number of oxazole rings is 1. The molecule has 0 saturated carbocycles. The minimum atomic E-state index is -0.244. The van der Waals surface area contributed by atoms with Crippen LogP contribution in [0.2, 0.25) is 0 Å². The van der Waals surface area contributed by atoms with Crippen molar-refractivity contribution in [3.8, 4) is 23.0 Å². The van der Waals surface area contributed by atoms with E-state index in [1.54, 1.807) is 0 Å². The van der Waals surface area contributed by atoms with Gasteiger partial charge in [-0.25, -0.2) is 4.98 Å². The summed E-state index contributed by atoms with van der Waals surface area (Å²) in [6.07, 6.45) is 1.42. The number of nitrogens with one attached hydrogen (secondary N) is 1. The molecule has 0 spiro atoms. The number of carbonyl (C=O) groups excluding carboxylic acids is 1. The summed E-state index contributed by atoms with van der Waals surface area (Å²) in [5, 5.41) is 2.93. The summed E-state index contributed by atoms with van der Waals surface area (Å²) in [5.41, 5.74) is 2.39. The predicted molar refractivity (Wildman–Crippen MR) is 134 cm³/mol. The number of aromatic nitrogens is 1. The number of ether oxygens (including phenoxy) is 5. The summed E-state index contributed by atoms with van der Waals surface area (Å²) in [6, 6.07) is 11.8. The van der Waals surface area contributed by atoms with Gasteiger partial charge < -0.3 is 33.4 Å². The summed E-state index contributed by atoms with van der Waals surface area (Å²) in [7, 11) is 0. The largest absolute Gasteiger partial charge is 0.454 e. The van der Waals surface area contributed by atoms with Gasteiger partial charge in [0.15, 0.2) is 28.7 Å². The van der Waals surface area contributed by atoms with Crippen LogP contribution in [0.4, 0.5) is 0 Å². The van der Waals surface area contributed by atoms with Crippen LogP contribution >= 0.6 is 0 Å². The van der Waals surface area contributed by atoms with Gasteiger partial charge in [0.25, 0.3) is 5.91 Å². The smallest absolute Gasteiger partial charge is 0.273 e. The Labute approximate surface area is 220 Å². The zero-order valence-corrected chi connectivity index (χ0v) is 21.0. The first-order valence-electron chi connectivity index (χ1n) is 12.7. The third-order valence-corrected chi connectivity index (χ3v) is 6.65. The zero-order chi connectivity index (χ0) is 25.7. The number of rotatable bonds is 10. The minimum Gasteiger partial charge on any atom is -0.454 e. The molecule has 6 rings (SSSR count). The van der Waals surface area contributed by atoms with E-state index in [9.17, 15) is 4.79 Å². The third-order valence-electron chi connectivity index (χ3n) is 6.65. The first-order valence-corrected chi connectivity index (χ1v) is 12.7. The molecule has 4 heterocycles. The Morgan fingerprint density at radius 1 is 0.868 bits per heavy atom. The van der Waals surface area contributed by atoms with Crippen LogP contribution in [0.5, 0.6) is 23.0 Å². The van der Waals surface area contributed by atoms with E-state index < -0.39 is 0 Å². The van der Waals surface area contributed by atoms with Crippen LogP contribution < -0.4 is 24.3 Å². The highest BCUT2D eigenvalue weighted by atomic mass is 16.7. The molecule has 2 aromatic carbocycles. The second-order valence-electron chi connectivity index (χ2n) is 9.36. The normalized spacial score (nSPS) is 16.2. The van der Waals surface area contributed by atoms with Crippen molar-refractivity contribution in [2.45, 2.75) is 19.6 Å². The average Bonchev–Trinajstić information content (AvgIpc) is 3.70. The van der Waals surface area contributed by atoms with Crippen LogP contribution in [0.25, 0.3) is 0 Å². The lowest BCUT2D eigenvalue weighted by molar-refractivity contribution is 0.0383. The van der Waals surface area contributed by atoms with Crippen LogP contribution in [0.3, 0.4) is 0 Å². The molecule has 1 N–H and O–H groups in total.